The van der Waals surface area contributed by atoms with Crippen LogP contribution in [0, 0.1) is 13.8 Å². The first kappa shape index (κ1) is 17.4. The Hall–Kier alpha value is -3.06. The first-order valence-corrected chi connectivity index (χ1v) is 9.52. The summed E-state index contributed by atoms with van der Waals surface area (Å²) in [6, 6.07) is 16.0. The van der Waals surface area contributed by atoms with E-state index < -0.39 is 0 Å². The van der Waals surface area contributed by atoms with Gasteiger partial charge in [0.1, 0.15) is 17.4 Å². The van der Waals surface area contributed by atoms with Crippen molar-refractivity contribution in [1.29, 1.82) is 0 Å². The summed E-state index contributed by atoms with van der Waals surface area (Å²) in [4.78, 5) is 4.33. The van der Waals surface area contributed by atoms with Crippen LogP contribution in [0.4, 0.5) is 0 Å². The fourth-order valence-electron chi connectivity index (χ4n) is 2.86. The Balaban J connectivity index is 1.65. The molecule has 0 amide bonds. The van der Waals surface area contributed by atoms with E-state index in [9.17, 15) is 0 Å². The van der Waals surface area contributed by atoms with E-state index in [-0.39, 0.29) is 0 Å². The Morgan fingerprint density at radius 1 is 1.00 bits per heavy atom. The molecule has 0 N–H and O–H groups in total. The van der Waals surface area contributed by atoms with Crippen molar-refractivity contribution < 1.29 is 4.74 Å². The van der Waals surface area contributed by atoms with E-state index in [2.05, 4.69) is 38.6 Å². The average molecular weight is 377 g/mol. The highest BCUT2D eigenvalue weighted by atomic mass is 32.1. The summed E-state index contributed by atoms with van der Waals surface area (Å²) in [5, 5.41) is 9.22. The summed E-state index contributed by atoms with van der Waals surface area (Å²) >= 11 is 1.27. The summed E-state index contributed by atoms with van der Waals surface area (Å²) in [6.45, 7) is 6.05. The molecule has 0 aliphatic carbocycles. The van der Waals surface area contributed by atoms with Crippen molar-refractivity contribution in [3.8, 4) is 28.0 Å². The summed E-state index contributed by atoms with van der Waals surface area (Å²) in [5.74, 6) is 3.19. The van der Waals surface area contributed by atoms with Gasteiger partial charge in [0.05, 0.1) is 0 Å². The fraction of sp³-hybridized carbons (Fsp3) is 0.200. The maximum atomic E-state index is 5.80. The Morgan fingerprint density at radius 3 is 2.48 bits per heavy atom. The number of aromatic nitrogens is 5. The molecular formula is C20H19N5OS. The molecule has 0 aliphatic heterocycles. The molecule has 4 aromatic rings. The molecular weight excluding hydrogens is 358 g/mol. The van der Waals surface area contributed by atoms with Crippen molar-refractivity contribution in [2.45, 2.75) is 27.2 Å². The third kappa shape index (κ3) is 3.46. The van der Waals surface area contributed by atoms with E-state index in [1.165, 1.54) is 11.5 Å². The minimum atomic E-state index is 0.556. The second kappa shape index (κ2) is 7.28. The van der Waals surface area contributed by atoms with E-state index in [0.717, 1.165) is 46.5 Å². The van der Waals surface area contributed by atoms with Crippen LogP contribution in [0.5, 0.6) is 10.9 Å². The van der Waals surface area contributed by atoms with Gasteiger partial charge in [-0.3, -0.25) is 4.57 Å². The first-order valence-electron chi connectivity index (χ1n) is 8.74. The third-order valence-corrected chi connectivity index (χ3v) is 4.91. The molecule has 0 spiro atoms. The van der Waals surface area contributed by atoms with E-state index in [4.69, 9.17) is 4.74 Å². The number of ether oxygens (including phenoxy) is 1. The van der Waals surface area contributed by atoms with Crippen LogP contribution in [-0.4, -0.2) is 24.1 Å². The highest BCUT2D eigenvalue weighted by molar-refractivity contribution is 7.07. The molecule has 27 heavy (non-hydrogen) atoms. The lowest BCUT2D eigenvalue weighted by Gasteiger charge is -2.11. The lowest BCUT2D eigenvalue weighted by Crippen LogP contribution is -2.00. The van der Waals surface area contributed by atoms with Gasteiger partial charge in [-0.25, -0.2) is 0 Å². The van der Waals surface area contributed by atoms with E-state index >= 15 is 0 Å². The monoisotopic (exact) mass is 377 g/mol. The minimum Gasteiger partial charge on any atom is -0.430 e. The van der Waals surface area contributed by atoms with Crippen LogP contribution in [-0.2, 0) is 6.42 Å². The Morgan fingerprint density at radius 2 is 1.78 bits per heavy atom. The maximum absolute atomic E-state index is 5.80. The van der Waals surface area contributed by atoms with Crippen molar-refractivity contribution >= 4 is 11.5 Å². The van der Waals surface area contributed by atoms with E-state index in [1.54, 1.807) is 0 Å². The van der Waals surface area contributed by atoms with Gasteiger partial charge in [0.15, 0.2) is 5.82 Å². The lowest BCUT2D eigenvalue weighted by atomic mass is 10.1. The van der Waals surface area contributed by atoms with Gasteiger partial charge in [0, 0.05) is 29.2 Å². The van der Waals surface area contributed by atoms with Crippen LogP contribution in [0.1, 0.15) is 24.1 Å². The largest absolute Gasteiger partial charge is 0.430 e. The second-order valence-electron chi connectivity index (χ2n) is 6.15. The molecule has 2 heterocycles. The molecule has 0 atom stereocenters. The molecule has 6 nitrogen and oxygen atoms in total. The molecule has 0 radical (unpaired) electrons. The smallest absolute Gasteiger partial charge is 0.298 e. The fourth-order valence-corrected chi connectivity index (χ4v) is 3.49. The predicted octanol–water partition coefficient (Wildman–Crippen LogP) is 4.76. The van der Waals surface area contributed by atoms with Gasteiger partial charge in [-0.1, -0.05) is 31.2 Å². The van der Waals surface area contributed by atoms with Crippen LogP contribution in [0.15, 0.2) is 48.5 Å². The van der Waals surface area contributed by atoms with E-state index in [0.29, 0.717) is 5.19 Å². The predicted molar refractivity (Wildman–Crippen MR) is 106 cm³/mol. The highest BCUT2D eigenvalue weighted by Gasteiger charge is 2.14. The molecule has 0 aliphatic rings. The number of nitrogens with zero attached hydrogens (tertiary/aromatic N) is 5. The van der Waals surface area contributed by atoms with Gasteiger partial charge < -0.3 is 4.74 Å². The van der Waals surface area contributed by atoms with Crippen molar-refractivity contribution in [1.82, 2.24) is 24.1 Å². The Kier molecular flexibility index (Phi) is 4.68. The normalized spacial score (nSPS) is 10.9. The molecule has 4 rings (SSSR count). The number of hydrogen-bond donors (Lipinski definition) is 0. The van der Waals surface area contributed by atoms with Crippen molar-refractivity contribution in [2.75, 3.05) is 0 Å². The van der Waals surface area contributed by atoms with Crippen molar-refractivity contribution in [2.24, 2.45) is 0 Å². The molecule has 0 bridgehead atoms. The number of rotatable bonds is 5. The topological polar surface area (TPSA) is 65.7 Å². The zero-order chi connectivity index (χ0) is 18.8. The molecule has 7 heteroatoms. The molecule has 136 valence electrons. The molecule has 2 aromatic heterocycles. The SMILES string of the molecule is CCc1nsc(Oc2ccc(-n3c(C)nnc3-c3ccccc3C)cc2)n1. The highest BCUT2D eigenvalue weighted by Crippen LogP contribution is 2.28. The minimum absolute atomic E-state index is 0.556. The number of hydrogen-bond acceptors (Lipinski definition) is 6. The number of benzene rings is 2. The van der Waals surface area contributed by atoms with Crippen LogP contribution in [0.3, 0.4) is 0 Å². The zero-order valence-electron chi connectivity index (χ0n) is 15.4. The van der Waals surface area contributed by atoms with E-state index in [1.807, 2.05) is 54.8 Å². The van der Waals surface area contributed by atoms with Gasteiger partial charge in [0.25, 0.3) is 5.19 Å². The zero-order valence-corrected chi connectivity index (χ0v) is 16.2. The van der Waals surface area contributed by atoms with Crippen LogP contribution < -0.4 is 4.74 Å². The summed E-state index contributed by atoms with van der Waals surface area (Å²) < 4.78 is 12.1. The molecule has 0 saturated heterocycles. The molecule has 0 saturated carbocycles. The number of aryl methyl sites for hydroxylation is 3. The Bertz CT molecular complexity index is 1070. The summed E-state index contributed by atoms with van der Waals surface area (Å²) in [5.41, 5.74) is 3.21. The van der Waals surface area contributed by atoms with Gasteiger partial charge in [-0.2, -0.15) is 9.36 Å². The third-order valence-electron chi connectivity index (χ3n) is 4.28. The van der Waals surface area contributed by atoms with Crippen LogP contribution >= 0.6 is 11.5 Å². The lowest BCUT2D eigenvalue weighted by molar-refractivity contribution is 0.477. The Labute approximate surface area is 161 Å². The second-order valence-corrected chi connectivity index (χ2v) is 6.86. The molecule has 2 aromatic carbocycles. The van der Waals surface area contributed by atoms with Gasteiger partial charge in [0.2, 0.25) is 0 Å². The van der Waals surface area contributed by atoms with Crippen LogP contribution in [0.2, 0.25) is 0 Å². The van der Waals surface area contributed by atoms with Gasteiger partial charge in [-0.15, -0.1) is 10.2 Å². The quantitative estimate of drug-likeness (QED) is 0.502. The molecule has 0 unspecified atom stereocenters. The standard InChI is InChI=1S/C20H19N5OS/c1-4-18-21-20(27-24-18)26-16-11-9-15(10-12-16)25-14(3)22-23-19(25)17-8-6-5-7-13(17)2/h5-12H,4H2,1-3H3. The van der Waals surface area contributed by atoms with Gasteiger partial charge in [-0.05, 0) is 43.7 Å². The summed E-state index contributed by atoms with van der Waals surface area (Å²) in [7, 11) is 0. The molecule has 0 fully saturated rings. The average Bonchev–Trinajstić information content (AvgIpc) is 3.29. The van der Waals surface area contributed by atoms with Gasteiger partial charge >= 0.3 is 0 Å². The van der Waals surface area contributed by atoms with Crippen LogP contribution in [0.25, 0.3) is 17.1 Å². The maximum Gasteiger partial charge on any atom is 0.298 e. The van der Waals surface area contributed by atoms with Crippen molar-refractivity contribution in [3.63, 3.8) is 0 Å². The summed E-state index contributed by atoms with van der Waals surface area (Å²) in [6.07, 6.45) is 0.799. The van der Waals surface area contributed by atoms with Crippen molar-refractivity contribution in [3.05, 3.63) is 65.7 Å². The first-order chi connectivity index (χ1) is 13.2.